The van der Waals surface area contributed by atoms with Crippen molar-refractivity contribution in [2.24, 2.45) is 73.9 Å². The highest BCUT2D eigenvalue weighted by molar-refractivity contribution is 5.39. The Morgan fingerprint density at radius 2 is 1.78 bits per heavy atom. The van der Waals surface area contributed by atoms with Crippen LogP contribution in [0, 0.1) is 73.9 Å². The minimum atomic E-state index is -0.325. The average molecular weight is 685 g/mol. The largest absolute Gasteiger partial charge is 0.392 e. The quantitative estimate of drug-likeness (QED) is 0.249. The van der Waals surface area contributed by atoms with Gasteiger partial charge in [-0.05, 0) is 141 Å². The van der Waals surface area contributed by atoms with E-state index in [1.807, 2.05) is 0 Å². The molecule has 13 bridgehead atoms. The third-order valence-electron chi connectivity index (χ3n) is 20.6. The molecule has 14 fully saturated rings. The molecule has 5 aliphatic heterocycles. The van der Waals surface area contributed by atoms with Gasteiger partial charge >= 0.3 is 0 Å². The number of piperidine rings is 2. The van der Waals surface area contributed by atoms with Crippen LogP contribution in [0.15, 0.2) is 23.8 Å². The molecule has 11 aliphatic carbocycles. The van der Waals surface area contributed by atoms with Crippen LogP contribution in [0.5, 0.6) is 0 Å². The number of likely N-dealkylation sites (tertiary alicyclic amines) is 1. The number of allylic oxidation sites excluding steroid dienone is 1. The molecule has 5 saturated heterocycles. The fraction of sp³-hybridized carbons (Fsp3) is 0.909. The molecule has 4 spiro atoms. The molecule has 18 atom stereocenters. The first kappa shape index (κ1) is 31.6. The predicted octanol–water partition coefficient (Wildman–Crippen LogP) is 6.42. The Morgan fingerprint density at radius 1 is 0.920 bits per heavy atom. The zero-order valence-corrected chi connectivity index (χ0v) is 31.3. The molecule has 0 aromatic carbocycles. The van der Waals surface area contributed by atoms with Gasteiger partial charge in [-0.25, -0.2) is 0 Å². The monoisotopic (exact) mass is 684 g/mol. The van der Waals surface area contributed by atoms with E-state index >= 15 is 0 Å². The minimum absolute atomic E-state index is 0.0155. The molecular formula is C44H64N2O4. The van der Waals surface area contributed by atoms with Gasteiger partial charge in [-0.3, -0.25) is 9.80 Å². The van der Waals surface area contributed by atoms with Gasteiger partial charge in [0.25, 0.3) is 0 Å². The molecule has 16 rings (SSSR count). The van der Waals surface area contributed by atoms with E-state index in [9.17, 15) is 10.2 Å². The molecule has 2 N–H and O–H groups in total. The number of hydrogen-bond donors (Lipinski definition) is 2. The summed E-state index contributed by atoms with van der Waals surface area (Å²) in [5.41, 5.74) is 3.88. The second-order valence-electron chi connectivity index (χ2n) is 21.5. The van der Waals surface area contributed by atoms with Crippen molar-refractivity contribution in [3.8, 4) is 0 Å². The lowest BCUT2D eigenvalue weighted by atomic mass is 9.33. The van der Waals surface area contributed by atoms with Gasteiger partial charge in [-0.2, -0.15) is 0 Å². The molecule has 6 heteroatoms. The molecule has 9 saturated carbocycles. The second kappa shape index (κ2) is 9.72. The summed E-state index contributed by atoms with van der Waals surface area (Å²) in [6.45, 7) is 17.9. The van der Waals surface area contributed by atoms with Crippen molar-refractivity contribution in [1.29, 1.82) is 0 Å². The van der Waals surface area contributed by atoms with Crippen molar-refractivity contribution in [2.75, 3.05) is 39.4 Å². The van der Waals surface area contributed by atoms with Crippen molar-refractivity contribution in [2.45, 2.75) is 135 Å². The zero-order valence-electron chi connectivity index (χ0n) is 31.3. The maximum absolute atomic E-state index is 12.4. The van der Waals surface area contributed by atoms with E-state index in [0.717, 1.165) is 44.2 Å². The van der Waals surface area contributed by atoms with Gasteiger partial charge in [0.15, 0.2) is 0 Å². The summed E-state index contributed by atoms with van der Waals surface area (Å²) in [5, 5.41) is 24.1. The molecule has 6 nitrogen and oxygen atoms in total. The second-order valence-corrected chi connectivity index (χ2v) is 21.5. The van der Waals surface area contributed by atoms with Crippen LogP contribution in [-0.2, 0) is 9.47 Å². The van der Waals surface area contributed by atoms with Crippen molar-refractivity contribution in [1.82, 2.24) is 9.80 Å². The molecule has 50 heavy (non-hydrogen) atoms. The molecular weight excluding hydrogens is 620 g/mol. The summed E-state index contributed by atoms with van der Waals surface area (Å²) in [7, 11) is 0. The number of fused-ring (bicyclic) bond motifs is 5. The normalized spacial score (nSPS) is 62.1. The molecule has 0 aromatic heterocycles. The van der Waals surface area contributed by atoms with Gasteiger partial charge in [0.2, 0.25) is 0 Å². The summed E-state index contributed by atoms with van der Waals surface area (Å²) in [4.78, 5) is 5.61. The molecule has 274 valence electrons. The van der Waals surface area contributed by atoms with E-state index in [0.29, 0.717) is 59.2 Å². The lowest BCUT2D eigenvalue weighted by Crippen LogP contribution is -2.81. The molecule has 0 aromatic rings. The number of rotatable bonds is 6. The van der Waals surface area contributed by atoms with E-state index in [4.69, 9.17) is 9.47 Å². The van der Waals surface area contributed by atoms with Crippen molar-refractivity contribution >= 4 is 0 Å². The summed E-state index contributed by atoms with van der Waals surface area (Å²) in [6, 6.07) is 0.674. The number of ether oxygens (including phenoxy) is 2. The topological polar surface area (TPSA) is 65.4 Å². The van der Waals surface area contributed by atoms with Crippen molar-refractivity contribution in [3.05, 3.63) is 23.8 Å². The average Bonchev–Trinajstić information content (AvgIpc) is 3.53. The molecule has 0 radical (unpaired) electrons. The fourth-order valence-electron chi connectivity index (χ4n) is 19.5. The Kier molecular flexibility index (Phi) is 6.14. The Hall–Kier alpha value is -0.760. The van der Waals surface area contributed by atoms with E-state index in [2.05, 4.69) is 43.2 Å². The van der Waals surface area contributed by atoms with Crippen LogP contribution in [0.25, 0.3) is 0 Å². The van der Waals surface area contributed by atoms with Gasteiger partial charge in [0, 0.05) is 53.8 Å². The maximum atomic E-state index is 12.4. The summed E-state index contributed by atoms with van der Waals surface area (Å²) < 4.78 is 13.9. The number of aliphatic hydroxyl groups is 2. The third-order valence-corrected chi connectivity index (χ3v) is 20.6. The lowest BCUT2D eigenvalue weighted by Gasteiger charge is -2.79. The Bertz CT molecular complexity index is 1560. The van der Waals surface area contributed by atoms with Gasteiger partial charge in [-0.1, -0.05) is 39.8 Å². The standard InChI is InChI=1S/C44H64N2O4/c1-5-45-23-39(3)11-6-12-43-31(39)20-29(36(43)45)42-15-8-28(34(47)35(42)43)27(21-42)22-49-18-17-46-24-44-30(40(4)13-10-33(44)50-38(40)46)9-16-41-14-7-26(19-32(41)44)25(2)37(41)48/h21,26,28-38,47-48H,2,5-20,22-24H2,1,3-4H3. The van der Waals surface area contributed by atoms with Gasteiger partial charge in [0.1, 0.15) is 6.23 Å². The smallest absolute Gasteiger partial charge is 0.116 e. The highest BCUT2D eigenvalue weighted by Gasteiger charge is 2.82. The predicted molar refractivity (Wildman–Crippen MR) is 192 cm³/mol. The van der Waals surface area contributed by atoms with Crippen LogP contribution in [-0.4, -0.2) is 90.0 Å². The Balaban J connectivity index is 0.796. The van der Waals surface area contributed by atoms with Gasteiger partial charge < -0.3 is 19.7 Å². The van der Waals surface area contributed by atoms with Crippen LogP contribution >= 0.6 is 0 Å². The van der Waals surface area contributed by atoms with Crippen LogP contribution in [0.2, 0.25) is 0 Å². The van der Waals surface area contributed by atoms with Crippen molar-refractivity contribution < 1.29 is 19.7 Å². The molecule has 16 aliphatic rings. The highest BCUT2D eigenvalue weighted by Crippen LogP contribution is 2.83. The van der Waals surface area contributed by atoms with Crippen molar-refractivity contribution in [3.63, 3.8) is 0 Å². The first-order chi connectivity index (χ1) is 24.1. The Morgan fingerprint density at radius 3 is 2.64 bits per heavy atom. The summed E-state index contributed by atoms with van der Waals surface area (Å²) in [6.07, 6.45) is 19.2. The Labute approximate surface area is 300 Å². The number of nitrogens with zero attached hydrogens (tertiary/aromatic N) is 2. The van der Waals surface area contributed by atoms with E-state index in [-0.39, 0.29) is 46.0 Å². The molecule has 0 amide bonds. The van der Waals surface area contributed by atoms with Crippen LogP contribution in [0.3, 0.4) is 0 Å². The summed E-state index contributed by atoms with van der Waals surface area (Å²) >= 11 is 0. The van der Waals surface area contributed by atoms with Gasteiger partial charge in [0.05, 0.1) is 31.5 Å². The third kappa shape index (κ3) is 3.22. The van der Waals surface area contributed by atoms with E-state index in [1.54, 1.807) is 0 Å². The van der Waals surface area contributed by atoms with Crippen LogP contribution in [0.1, 0.15) is 104 Å². The van der Waals surface area contributed by atoms with Crippen LogP contribution in [0.4, 0.5) is 0 Å². The first-order valence-corrected chi connectivity index (χ1v) is 21.6. The number of hydrogen-bond acceptors (Lipinski definition) is 6. The van der Waals surface area contributed by atoms with Gasteiger partial charge in [-0.15, -0.1) is 0 Å². The summed E-state index contributed by atoms with van der Waals surface area (Å²) in [5.74, 6) is 4.00. The highest BCUT2D eigenvalue weighted by atomic mass is 16.5. The van der Waals surface area contributed by atoms with E-state index < -0.39 is 0 Å². The lowest BCUT2D eigenvalue weighted by molar-refractivity contribution is -0.396. The fourth-order valence-corrected chi connectivity index (χ4v) is 19.5. The molecule has 18 unspecified atom stereocenters. The first-order valence-electron chi connectivity index (χ1n) is 21.6. The molecule has 5 heterocycles. The zero-order chi connectivity index (χ0) is 33.8. The van der Waals surface area contributed by atoms with Crippen LogP contribution < -0.4 is 0 Å². The minimum Gasteiger partial charge on any atom is -0.392 e. The van der Waals surface area contributed by atoms with E-state index in [1.165, 1.54) is 89.2 Å². The SMILES string of the molecule is C=C1C2CCC3(CCC4C5(C)CCC6OC5N(CCOCC5=CC78CCC5C(O)C7C57CCCC9(C)CN(CC)C5C8CC97)CC64C3C2)C1O. The maximum Gasteiger partial charge on any atom is 0.116 e. The number of aliphatic hydroxyl groups excluding tert-OH is 2.